The standard InChI is InChI=1S/C17H19N5O3.ClH/c1-10-15(11-6-4-5-7-13(11)24-3)16(22(2)21-10)20-17(23)12-9-25-14(8-18)19-12;/h4-7,9H,8,18H2,1-3H3,(H,20,23);1H. The van der Waals surface area contributed by atoms with Gasteiger partial charge in [0.25, 0.3) is 5.91 Å². The van der Waals surface area contributed by atoms with Crippen molar-refractivity contribution >= 4 is 24.1 Å². The number of nitrogens with two attached hydrogens (primary N) is 1. The van der Waals surface area contributed by atoms with Crippen molar-refractivity contribution in [2.24, 2.45) is 12.8 Å². The second-order valence-electron chi connectivity index (χ2n) is 5.42. The van der Waals surface area contributed by atoms with Gasteiger partial charge in [0.2, 0.25) is 5.89 Å². The zero-order chi connectivity index (χ0) is 18.0. The summed E-state index contributed by atoms with van der Waals surface area (Å²) in [5.74, 6) is 1.14. The van der Waals surface area contributed by atoms with Gasteiger partial charge in [0, 0.05) is 12.6 Å². The number of ether oxygens (including phenoxy) is 1. The Bertz CT molecular complexity index is 919. The number of oxazole rings is 1. The first-order valence-corrected chi connectivity index (χ1v) is 7.68. The molecular formula is C17H20ClN5O3. The van der Waals surface area contributed by atoms with Crippen LogP contribution in [0.4, 0.5) is 5.82 Å². The van der Waals surface area contributed by atoms with E-state index >= 15 is 0 Å². The van der Waals surface area contributed by atoms with Gasteiger partial charge in [-0.25, -0.2) is 4.98 Å². The van der Waals surface area contributed by atoms with Crippen LogP contribution in [0.1, 0.15) is 22.1 Å². The third-order valence-corrected chi connectivity index (χ3v) is 3.79. The minimum atomic E-state index is -0.400. The number of nitrogens with one attached hydrogen (secondary N) is 1. The van der Waals surface area contributed by atoms with E-state index in [4.69, 9.17) is 14.9 Å². The molecule has 138 valence electrons. The van der Waals surface area contributed by atoms with Gasteiger partial charge >= 0.3 is 0 Å². The fourth-order valence-corrected chi connectivity index (χ4v) is 2.66. The van der Waals surface area contributed by atoms with Crippen molar-refractivity contribution in [1.29, 1.82) is 0 Å². The first-order valence-electron chi connectivity index (χ1n) is 7.68. The van der Waals surface area contributed by atoms with E-state index in [9.17, 15) is 4.79 Å². The number of halogens is 1. The van der Waals surface area contributed by atoms with Gasteiger partial charge in [-0.3, -0.25) is 9.48 Å². The number of carbonyl (C=O) groups excluding carboxylic acids is 1. The molecule has 8 nitrogen and oxygen atoms in total. The molecule has 3 aromatic rings. The molecule has 0 bridgehead atoms. The lowest BCUT2D eigenvalue weighted by atomic mass is 10.0. The highest BCUT2D eigenvalue weighted by molar-refractivity contribution is 6.04. The molecule has 0 aliphatic heterocycles. The molecule has 0 aliphatic rings. The lowest BCUT2D eigenvalue weighted by Gasteiger charge is -2.11. The van der Waals surface area contributed by atoms with E-state index < -0.39 is 5.91 Å². The van der Waals surface area contributed by atoms with Crippen LogP contribution in [0.25, 0.3) is 11.1 Å². The number of aryl methyl sites for hydroxylation is 2. The maximum atomic E-state index is 12.5. The van der Waals surface area contributed by atoms with E-state index in [0.29, 0.717) is 17.5 Å². The maximum absolute atomic E-state index is 12.5. The number of aromatic nitrogens is 3. The van der Waals surface area contributed by atoms with Gasteiger partial charge in [-0.15, -0.1) is 12.4 Å². The van der Waals surface area contributed by atoms with Gasteiger partial charge in [-0.1, -0.05) is 18.2 Å². The molecule has 9 heteroatoms. The van der Waals surface area contributed by atoms with E-state index in [1.807, 2.05) is 31.2 Å². The van der Waals surface area contributed by atoms with E-state index in [1.165, 1.54) is 6.26 Å². The molecule has 0 radical (unpaired) electrons. The van der Waals surface area contributed by atoms with Gasteiger partial charge < -0.3 is 20.2 Å². The molecule has 3 rings (SSSR count). The van der Waals surface area contributed by atoms with Crippen molar-refractivity contribution in [3.63, 3.8) is 0 Å². The Morgan fingerprint density at radius 1 is 1.38 bits per heavy atom. The fourth-order valence-electron chi connectivity index (χ4n) is 2.66. The molecule has 0 atom stereocenters. The molecule has 26 heavy (non-hydrogen) atoms. The van der Waals surface area contributed by atoms with Crippen LogP contribution in [0.3, 0.4) is 0 Å². The molecule has 2 aromatic heterocycles. The summed E-state index contributed by atoms with van der Waals surface area (Å²) < 4.78 is 12.2. The Kier molecular flexibility index (Phi) is 6.01. The molecule has 1 amide bonds. The second kappa shape index (κ2) is 8.03. The average molecular weight is 378 g/mol. The first-order chi connectivity index (χ1) is 12.0. The highest BCUT2D eigenvalue weighted by Crippen LogP contribution is 2.37. The molecule has 0 unspecified atom stereocenters. The number of methoxy groups -OCH3 is 1. The van der Waals surface area contributed by atoms with Crippen LogP contribution in [0, 0.1) is 6.92 Å². The van der Waals surface area contributed by atoms with Crippen LogP contribution in [0.2, 0.25) is 0 Å². The summed E-state index contributed by atoms with van der Waals surface area (Å²) in [7, 11) is 3.36. The quantitative estimate of drug-likeness (QED) is 0.707. The smallest absolute Gasteiger partial charge is 0.278 e. The summed E-state index contributed by atoms with van der Waals surface area (Å²) in [5.41, 5.74) is 8.01. The Balaban J connectivity index is 0.00000243. The van der Waals surface area contributed by atoms with Crippen molar-refractivity contribution < 1.29 is 13.9 Å². The third-order valence-electron chi connectivity index (χ3n) is 3.79. The van der Waals surface area contributed by atoms with Gasteiger partial charge in [-0.2, -0.15) is 5.10 Å². The number of amides is 1. The predicted molar refractivity (Wildman–Crippen MR) is 99.5 cm³/mol. The highest BCUT2D eigenvalue weighted by atomic mass is 35.5. The van der Waals surface area contributed by atoms with E-state index in [-0.39, 0.29) is 24.6 Å². The maximum Gasteiger partial charge on any atom is 0.278 e. The number of anilines is 1. The van der Waals surface area contributed by atoms with Crippen LogP contribution in [0.5, 0.6) is 5.75 Å². The fraction of sp³-hybridized carbons (Fsp3) is 0.235. The number of carbonyl (C=O) groups is 1. The van der Waals surface area contributed by atoms with Gasteiger partial charge in [0.1, 0.15) is 17.8 Å². The lowest BCUT2D eigenvalue weighted by molar-refractivity contribution is 0.102. The van der Waals surface area contributed by atoms with Gasteiger partial charge in [-0.05, 0) is 13.0 Å². The summed E-state index contributed by atoms with van der Waals surface area (Å²) in [6, 6.07) is 7.57. The summed E-state index contributed by atoms with van der Waals surface area (Å²) in [4.78, 5) is 16.5. The van der Waals surface area contributed by atoms with E-state index in [1.54, 1.807) is 18.8 Å². The molecule has 0 aliphatic carbocycles. The largest absolute Gasteiger partial charge is 0.496 e. The number of hydrogen-bond acceptors (Lipinski definition) is 6. The molecule has 1 aromatic carbocycles. The van der Waals surface area contributed by atoms with Crippen LogP contribution in [-0.4, -0.2) is 27.8 Å². The minimum Gasteiger partial charge on any atom is -0.496 e. The number of benzene rings is 1. The molecule has 0 saturated heterocycles. The minimum absolute atomic E-state index is 0. The number of rotatable bonds is 5. The average Bonchev–Trinajstić information content (AvgIpc) is 3.20. The summed E-state index contributed by atoms with van der Waals surface area (Å²) in [6.45, 7) is 2.00. The van der Waals surface area contributed by atoms with Gasteiger partial charge in [0.05, 0.1) is 24.9 Å². The third kappa shape index (κ3) is 3.56. The Hall–Kier alpha value is -2.84. The first kappa shape index (κ1) is 19.5. The second-order valence-corrected chi connectivity index (χ2v) is 5.42. The van der Waals surface area contributed by atoms with Gasteiger partial charge in [0.15, 0.2) is 5.69 Å². The van der Waals surface area contributed by atoms with Crippen molar-refractivity contribution in [3.8, 4) is 16.9 Å². The van der Waals surface area contributed by atoms with Crippen LogP contribution in [-0.2, 0) is 13.6 Å². The Morgan fingerprint density at radius 3 is 2.77 bits per heavy atom. The Morgan fingerprint density at radius 2 is 2.12 bits per heavy atom. The summed E-state index contributed by atoms with van der Waals surface area (Å²) in [6.07, 6.45) is 1.28. The van der Waals surface area contributed by atoms with Crippen molar-refractivity contribution in [3.05, 3.63) is 47.8 Å². The van der Waals surface area contributed by atoms with Crippen LogP contribution < -0.4 is 15.8 Å². The zero-order valence-electron chi connectivity index (χ0n) is 14.6. The Labute approximate surface area is 156 Å². The summed E-state index contributed by atoms with van der Waals surface area (Å²) in [5, 5.41) is 7.26. The molecular weight excluding hydrogens is 358 g/mol. The number of para-hydroxylation sites is 1. The molecule has 0 spiro atoms. The van der Waals surface area contributed by atoms with Crippen molar-refractivity contribution in [2.45, 2.75) is 13.5 Å². The van der Waals surface area contributed by atoms with E-state index in [0.717, 1.165) is 16.8 Å². The molecule has 0 saturated carbocycles. The lowest BCUT2D eigenvalue weighted by Crippen LogP contribution is -2.16. The monoisotopic (exact) mass is 377 g/mol. The molecule has 0 fully saturated rings. The van der Waals surface area contributed by atoms with Crippen LogP contribution in [0.15, 0.2) is 34.9 Å². The van der Waals surface area contributed by atoms with E-state index in [2.05, 4.69) is 15.4 Å². The summed E-state index contributed by atoms with van der Waals surface area (Å²) >= 11 is 0. The number of hydrogen-bond donors (Lipinski definition) is 2. The van der Waals surface area contributed by atoms with Crippen molar-refractivity contribution in [2.75, 3.05) is 12.4 Å². The SMILES string of the molecule is COc1ccccc1-c1c(C)nn(C)c1NC(=O)c1coc(CN)n1.Cl. The highest BCUT2D eigenvalue weighted by Gasteiger charge is 2.21. The van der Waals surface area contributed by atoms with Crippen molar-refractivity contribution in [1.82, 2.24) is 14.8 Å². The topological polar surface area (TPSA) is 108 Å². The zero-order valence-corrected chi connectivity index (χ0v) is 15.5. The number of nitrogens with zero attached hydrogens (tertiary/aromatic N) is 3. The van der Waals surface area contributed by atoms with Crippen LogP contribution >= 0.6 is 12.4 Å². The predicted octanol–water partition coefficient (Wildman–Crippen LogP) is 2.52. The molecule has 3 N–H and O–H groups in total. The normalized spacial score (nSPS) is 10.3. The molecule has 2 heterocycles.